The van der Waals surface area contributed by atoms with E-state index >= 15 is 0 Å². The number of hydrogen-bond acceptors (Lipinski definition) is 6. The molecule has 1 aliphatic heterocycles. The Hall–Kier alpha value is -3.97. The SMILES string of the molecule is NC1CCN(c2cccc3ccc(-n4cnc5cc(OCc6ccccn6)ccc54)nc23)CC1. The zero-order chi connectivity index (χ0) is 22.9. The number of pyridine rings is 2. The summed E-state index contributed by atoms with van der Waals surface area (Å²) in [5.74, 6) is 1.61. The number of imidazole rings is 1. The number of rotatable bonds is 5. The van der Waals surface area contributed by atoms with Crippen molar-refractivity contribution in [2.24, 2.45) is 5.73 Å². The van der Waals surface area contributed by atoms with Crippen molar-refractivity contribution in [3.8, 4) is 11.6 Å². The summed E-state index contributed by atoms with van der Waals surface area (Å²) in [6, 6.07) is 22.6. The third kappa shape index (κ3) is 3.95. The van der Waals surface area contributed by atoms with Crippen LogP contribution in [0.2, 0.25) is 0 Å². The molecule has 0 unspecified atom stereocenters. The average molecular weight is 451 g/mol. The molecule has 0 aliphatic carbocycles. The largest absolute Gasteiger partial charge is 0.487 e. The highest BCUT2D eigenvalue weighted by Crippen LogP contribution is 2.29. The number of para-hydroxylation sites is 1. The number of fused-ring (bicyclic) bond motifs is 2. The second kappa shape index (κ2) is 8.76. The van der Waals surface area contributed by atoms with Crippen LogP contribution in [0.1, 0.15) is 18.5 Å². The Morgan fingerprint density at radius 1 is 0.941 bits per heavy atom. The smallest absolute Gasteiger partial charge is 0.139 e. The van der Waals surface area contributed by atoms with E-state index in [1.54, 1.807) is 6.20 Å². The van der Waals surface area contributed by atoms with E-state index in [1.165, 1.54) is 5.69 Å². The van der Waals surface area contributed by atoms with Crippen molar-refractivity contribution in [1.82, 2.24) is 19.5 Å². The van der Waals surface area contributed by atoms with Gasteiger partial charge in [-0.2, -0.15) is 0 Å². The number of piperidine rings is 1. The van der Waals surface area contributed by atoms with Gasteiger partial charge in [-0.25, -0.2) is 9.97 Å². The Morgan fingerprint density at radius 3 is 2.71 bits per heavy atom. The lowest BCUT2D eigenvalue weighted by Crippen LogP contribution is -2.39. The quantitative estimate of drug-likeness (QED) is 0.425. The van der Waals surface area contributed by atoms with Gasteiger partial charge >= 0.3 is 0 Å². The number of aromatic nitrogens is 4. The van der Waals surface area contributed by atoms with Gasteiger partial charge in [0.15, 0.2) is 0 Å². The number of benzene rings is 2. The predicted molar refractivity (Wildman–Crippen MR) is 134 cm³/mol. The van der Waals surface area contributed by atoms with Gasteiger partial charge in [0.05, 0.1) is 27.9 Å². The van der Waals surface area contributed by atoms with E-state index in [0.29, 0.717) is 12.6 Å². The highest BCUT2D eigenvalue weighted by atomic mass is 16.5. The van der Waals surface area contributed by atoms with E-state index in [9.17, 15) is 0 Å². The van der Waals surface area contributed by atoms with Crippen molar-refractivity contribution in [3.05, 3.63) is 84.9 Å². The van der Waals surface area contributed by atoms with E-state index in [4.69, 9.17) is 15.5 Å². The van der Waals surface area contributed by atoms with E-state index in [0.717, 1.165) is 65.1 Å². The lowest BCUT2D eigenvalue weighted by Gasteiger charge is -2.32. The summed E-state index contributed by atoms with van der Waals surface area (Å²) >= 11 is 0. The van der Waals surface area contributed by atoms with Crippen LogP contribution in [-0.2, 0) is 6.61 Å². The second-order valence-corrected chi connectivity index (χ2v) is 8.72. The minimum Gasteiger partial charge on any atom is -0.487 e. The molecule has 0 saturated carbocycles. The normalized spacial score (nSPS) is 14.7. The fraction of sp³-hybridized carbons (Fsp3) is 0.222. The third-order valence-corrected chi connectivity index (χ3v) is 6.44. The summed E-state index contributed by atoms with van der Waals surface area (Å²) in [5.41, 5.74) is 11.0. The molecule has 7 nitrogen and oxygen atoms in total. The van der Waals surface area contributed by atoms with Crippen molar-refractivity contribution in [3.63, 3.8) is 0 Å². The van der Waals surface area contributed by atoms with Crippen molar-refractivity contribution in [1.29, 1.82) is 0 Å². The van der Waals surface area contributed by atoms with Crippen LogP contribution in [0.3, 0.4) is 0 Å². The van der Waals surface area contributed by atoms with Crippen molar-refractivity contribution >= 4 is 27.6 Å². The highest BCUT2D eigenvalue weighted by molar-refractivity contribution is 5.92. The molecule has 1 aliphatic rings. The molecule has 0 radical (unpaired) electrons. The van der Waals surface area contributed by atoms with Crippen LogP contribution >= 0.6 is 0 Å². The summed E-state index contributed by atoms with van der Waals surface area (Å²) in [5, 5.41) is 1.13. The topological polar surface area (TPSA) is 82.1 Å². The molecule has 2 aromatic carbocycles. The first-order chi connectivity index (χ1) is 16.7. The standard InChI is InChI=1S/C27H26N6O/c28-20-11-14-32(15-12-20)25-6-3-4-19-7-10-26(31-27(19)25)33-18-30-23-16-22(8-9-24(23)33)34-17-21-5-1-2-13-29-21/h1-10,13,16,18,20H,11-12,14-15,17,28H2. The Balaban J connectivity index is 1.31. The molecule has 5 aromatic rings. The van der Waals surface area contributed by atoms with Gasteiger partial charge in [-0.1, -0.05) is 18.2 Å². The molecular formula is C27H26N6O. The van der Waals surface area contributed by atoms with Crippen LogP contribution in [0.4, 0.5) is 5.69 Å². The fourth-order valence-electron chi connectivity index (χ4n) is 4.56. The molecule has 1 fully saturated rings. The van der Waals surface area contributed by atoms with E-state index in [-0.39, 0.29) is 0 Å². The molecule has 0 spiro atoms. The number of hydrogen-bond donors (Lipinski definition) is 1. The molecule has 170 valence electrons. The molecule has 34 heavy (non-hydrogen) atoms. The van der Waals surface area contributed by atoms with Crippen LogP contribution in [-0.4, -0.2) is 38.7 Å². The van der Waals surface area contributed by atoms with E-state index < -0.39 is 0 Å². The first-order valence-corrected chi connectivity index (χ1v) is 11.6. The Kier molecular flexibility index (Phi) is 5.31. The van der Waals surface area contributed by atoms with Crippen LogP contribution in [0.15, 0.2) is 79.3 Å². The average Bonchev–Trinajstić information content (AvgIpc) is 3.31. The van der Waals surface area contributed by atoms with Gasteiger partial charge in [-0.3, -0.25) is 9.55 Å². The summed E-state index contributed by atoms with van der Waals surface area (Å²) in [7, 11) is 0. The number of ether oxygens (including phenoxy) is 1. The first kappa shape index (κ1) is 20.6. The molecule has 6 rings (SSSR count). The van der Waals surface area contributed by atoms with Crippen molar-refractivity contribution < 1.29 is 4.74 Å². The molecule has 7 heteroatoms. The van der Waals surface area contributed by atoms with Crippen molar-refractivity contribution in [2.75, 3.05) is 18.0 Å². The maximum atomic E-state index is 6.12. The van der Waals surface area contributed by atoms with Gasteiger partial charge < -0.3 is 15.4 Å². The van der Waals surface area contributed by atoms with Gasteiger partial charge in [0.2, 0.25) is 0 Å². The van der Waals surface area contributed by atoms with E-state index in [1.807, 2.05) is 53.4 Å². The van der Waals surface area contributed by atoms with Crippen LogP contribution < -0.4 is 15.4 Å². The molecule has 0 atom stereocenters. The minimum atomic E-state index is 0.296. The summed E-state index contributed by atoms with van der Waals surface area (Å²) in [6.45, 7) is 2.34. The summed E-state index contributed by atoms with van der Waals surface area (Å²) in [4.78, 5) is 16.4. The zero-order valence-corrected chi connectivity index (χ0v) is 18.8. The third-order valence-electron chi connectivity index (χ3n) is 6.44. The number of nitrogens with two attached hydrogens (primary N) is 1. The number of nitrogens with zero attached hydrogens (tertiary/aromatic N) is 5. The minimum absolute atomic E-state index is 0.296. The highest BCUT2D eigenvalue weighted by Gasteiger charge is 2.19. The van der Waals surface area contributed by atoms with Gasteiger partial charge in [0.25, 0.3) is 0 Å². The monoisotopic (exact) mass is 450 g/mol. The first-order valence-electron chi connectivity index (χ1n) is 11.6. The Bertz CT molecular complexity index is 1440. The molecule has 0 amide bonds. The molecule has 4 heterocycles. The van der Waals surface area contributed by atoms with Gasteiger partial charge in [-0.15, -0.1) is 0 Å². The molecular weight excluding hydrogens is 424 g/mol. The Labute approximate surface area is 197 Å². The zero-order valence-electron chi connectivity index (χ0n) is 18.8. The van der Waals surface area contributed by atoms with Gasteiger partial charge in [0, 0.05) is 36.8 Å². The van der Waals surface area contributed by atoms with Gasteiger partial charge in [0.1, 0.15) is 24.5 Å². The predicted octanol–water partition coefficient (Wildman–Crippen LogP) is 4.48. The second-order valence-electron chi connectivity index (χ2n) is 8.72. The maximum Gasteiger partial charge on any atom is 0.139 e. The van der Waals surface area contributed by atoms with Crippen LogP contribution in [0, 0.1) is 0 Å². The lowest BCUT2D eigenvalue weighted by molar-refractivity contribution is 0.301. The van der Waals surface area contributed by atoms with Crippen LogP contribution in [0.5, 0.6) is 5.75 Å². The summed E-state index contributed by atoms with van der Waals surface area (Å²) in [6.07, 6.45) is 5.61. The Morgan fingerprint density at radius 2 is 1.85 bits per heavy atom. The number of anilines is 1. The molecule has 3 aromatic heterocycles. The summed E-state index contributed by atoms with van der Waals surface area (Å²) < 4.78 is 7.95. The van der Waals surface area contributed by atoms with E-state index in [2.05, 4.69) is 39.1 Å². The van der Waals surface area contributed by atoms with Crippen molar-refractivity contribution in [2.45, 2.75) is 25.5 Å². The molecule has 2 N–H and O–H groups in total. The fourth-order valence-corrected chi connectivity index (χ4v) is 4.56. The molecule has 0 bridgehead atoms. The maximum absolute atomic E-state index is 6.12. The molecule has 1 saturated heterocycles. The van der Waals surface area contributed by atoms with Gasteiger partial charge in [-0.05, 0) is 55.3 Å². The lowest BCUT2D eigenvalue weighted by atomic mass is 10.0. The van der Waals surface area contributed by atoms with Crippen LogP contribution in [0.25, 0.3) is 27.8 Å².